The molecule has 1 rings (SSSR count). The number of aromatic carboxylic acids is 1. The first-order valence-corrected chi connectivity index (χ1v) is 4.49. The number of carbonyl (C=O) groups excluding carboxylic acids is 1. The van der Waals surface area contributed by atoms with Gasteiger partial charge < -0.3 is 10.0 Å². The second-order valence-electron chi connectivity index (χ2n) is 3.53. The number of nitrogens with zero attached hydrogens (tertiary/aromatic N) is 1. The maximum absolute atomic E-state index is 11.6. The fourth-order valence-corrected chi connectivity index (χ4v) is 1.24. The highest BCUT2D eigenvalue weighted by atomic mass is 16.4. The zero-order valence-corrected chi connectivity index (χ0v) is 8.94. The van der Waals surface area contributed by atoms with Crippen LogP contribution in [0.15, 0.2) is 18.2 Å². The van der Waals surface area contributed by atoms with E-state index >= 15 is 0 Å². The van der Waals surface area contributed by atoms with Crippen molar-refractivity contribution in [1.82, 2.24) is 4.90 Å². The van der Waals surface area contributed by atoms with Crippen LogP contribution in [0.3, 0.4) is 0 Å². The zero-order valence-electron chi connectivity index (χ0n) is 8.94. The molecule has 0 aliphatic rings. The second kappa shape index (κ2) is 4.13. The van der Waals surface area contributed by atoms with Gasteiger partial charge in [-0.05, 0) is 24.6 Å². The lowest BCUT2D eigenvalue weighted by molar-refractivity contribution is 0.0696. The molecule has 0 aliphatic heterocycles. The number of carboxylic acids is 1. The average molecular weight is 207 g/mol. The second-order valence-corrected chi connectivity index (χ2v) is 3.53. The van der Waals surface area contributed by atoms with Gasteiger partial charge in [0.15, 0.2) is 0 Å². The molecule has 0 spiro atoms. The highest BCUT2D eigenvalue weighted by molar-refractivity contribution is 5.97. The van der Waals surface area contributed by atoms with Crippen LogP contribution in [0.2, 0.25) is 0 Å². The van der Waals surface area contributed by atoms with E-state index in [1.54, 1.807) is 33.2 Å². The fraction of sp³-hybridized carbons (Fsp3) is 0.273. The molecular weight excluding hydrogens is 194 g/mol. The Kier molecular flexibility index (Phi) is 3.09. The van der Waals surface area contributed by atoms with Crippen molar-refractivity contribution in [3.8, 4) is 0 Å². The predicted molar refractivity (Wildman–Crippen MR) is 56.2 cm³/mol. The minimum atomic E-state index is -1.01. The van der Waals surface area contributed by atoms with Gasteiger partial charge in [-0.3, -0.25) is 4.79 Å². The highest BCUT2D eigenvalue weighted by Crippen LogP contribution is 2.12. The molecule has 4 heteroatoms. The van der Waals surface area contributed by atoms with Crippen LogP contribution in [-0.2, 0) is 0 Å². The number of benzene rings is 1. The molecule has 1 aromatic carbocycles. The van der Waals surface area contributed by atoms with Crippen molar-refractivity contribution in [3.63, 3.8) is 0 Å². The molecule has 0 bridgehead atoms. The van der Waals surface area contributed by atoms with Crippen LogP contribution in [-0.4, -0.2) is 36.0 Å². The van der Waals surface area contributed by atoms with E-state index in [4.69, 9.17) is 5.11 Å². The Morgan fingerprint density at radius 3 is 2.33 bits per heavy atom. The van der Waals surface area contributed by atoms with Crippen molar-refractivity contribution in [2.24, 2.45) is 0 Å². The summed E-state index contributed by atoms with van der Waals surface area (Å²) < 4.78 is 0. The summed E-state index contributed by atoms with van der Waals surface area (Å²) in [6.45, 7) is 1.70. The number of aryl methyl sites for hydroxylation is 1. The molecule has 1 amide bonds. The van der Waals surface area contributed by atoms with Gasteiger partial charge in [0.25, 0.3) is 5.91 Å². The maximum Gasteiger partial charge on any atom is 0.335 e. The lowest BCUT2D eigenvalue weighted by Gasteiger charge is -2.11. The summed E-state index contributed by atoms with van der Waals surface area (Å²) >= 11 is 0. The Bertz CT molecular complexity index is 410. The Hall–Kier alpha value is -1.84. The summed E-state index contributed by atoms with van der Waals surface area (Å²) in [5.74, 6) is -1.21. The van der Waals surface area contributed by atoms with Crippen LogP contribution >= 0.6 is 0 Å². The minimum Gasteiger partial charge on any atom is -0.478 e. The van der Waals surface area contributed by atoms with E-state index in [2.05, 4.69) is 0 Å². The minimum absolute atomic E-state index is 0.169. The highest BCUT2D eigenvalue weighted by Gasteiger charge is 2.13. The van der Waals surface area contributed by atoms with Crippen molar-refractivity contribution in [3.05, 3.63) is 34.9 Å². The Labute approximate surface area is 88.1 Å². The van der Waals surface area contributed by atoms with Crippen molar-refractivity contribution in [2.75, 3.05) is 14.1 Å². The molecule has 1 aromatic rings. The van der Waals surface area contributed by atoms with Crippen LogP contribution in [0, 0.1) is 6.92 Å². The molecule has 0 radical (unpaired) electrons. The van der Waals surface area contributed by atoms with Gasteiger partial charge in [0.1, 0.15) is 0 Å². The van der Waals surface area contributed by atoms with Crippen molar-refractivity contribution in [2.45, 2.75) is 6.92 Å². The number of rotatable bonds is 2. The summed E-state index contributed by atoms with van der Waals surface area (Å²) in [6.07, 6.45) is 0. The predicted octanol–water partition coefficient (Wildman–Crippen LogP) is 1.40. The summed E-state index contributed by atoms with van der Waals surface area (Å²) in [7, 11) is 3.26. The van der Waals surface area contributed by atoms with E-state index in [1.165, 1.54) is 11.0 Å². The number of carboxylic acid groups (broad SMARTS) is 1. The van der Waals surface area contributed by atoms with Crippen LogP contribution in [0.4, 0.5) is 0 Å². The first-order valence-electron chi connectivity index (χ1n) is 4.49. The third-order valence-corrected chi connectivity index (χ3v) is 2.12. The van der Waals surface area contributed by atoms with Crippen LogP contribution in [0.25, 0.3) is 0 Å². The smallest absolute Gasteiger partial charge is 0.335 e. The monoisotopic (exact) mass is 207 g/mol. The molecule has 4 nitrogen and oxygen atoms in total. The van der Waals surface area contributed by atoms with Crippen LogP contribution < -0.4 is 0 Å². The Morgan fingerprint density at radius 2 is 1.87 bits per heavy atom. The lowest BCUT2D eigenvalue weighted by Crippen LogP contribution is -2.22. The molecule has 0 saturated heterocycles. The number of amides is 1. The molecule has 80 valence electrons. The summed E-state index contributed by atoms with van der Waals surface area (Å²) in [5, 5.41) is 8.89. The average Bonchev–Trinajstić information content (AvgIpc) is 2.16. The maximum atomic E-state index is 11.6. The van der Waals surface area contributed by atoms with Crippen molar-refractivity contribution < 1.29 is 14.7 Å². The molecule has 15 heavy (non-hydrogen) atoms. The molecule has 0 aliphatic carbocycles. The van der Waals surface area contributed by atoms with Gasteiger partial charge in [-0.1, -0.05) is 6.07 Å². The molecule has 1 N–H and O–H groups in total. The van der Waals surface area contributed by atoms with Crippen LogP contribution in [0.5, 0.6) is 0 Å². The van der Waals surface area contributed by atoms with E-state index in [9.17, 15) is 9.59 Å². The van der Waals surface area contributed by atoms with Gasteiger partial charge in [0, 0.05) is 19.7 Å². The van der Waals surface area contributed by atoms with Gasteiger partial charge in [-0.2, -0.15) is 0 Å². The molecule has 0 fully saturated rings. The lowest BCUT2D eigenvalue weighted by atomic mass is 10.0. The number of hydrogen-bond donors (Lipinski definition) is 1. The largest absolute Gasteiger partial charge is 0.478 e. The first kappa shape index (κ1) is 11.2. The topological polar surface area (TPSA) is 57.6 Å². The molecule has 0 heterocycles. The third kappa shape index (κ3) is 2.34. The SMILES string of the molecule is Cc1ccc(C(=O)N(C)C)cc1C(=O)O. The van der Waals surface area contributed by atoms with Gasteiger partial charge >= 0.3 is 5.97 Å². The molecule has 0 unspecified atom stereocenters. The first-order chi connectivity index (χ1) is 6.93. The Morgan fingerprint density at radius 1 is 1.27 bits per heavy atom. The van der Waals surface area contributed by atoms with Gasteiger partial charge in [-0.15, -0.1) is 0 Å². The van der Waals surface area contributed by atoms with Crippen molar-refractivity contribution in [1.29, 1.82) is 0 Å². The van der Waals surface area contributed by atoms with E-state index in [0.717, 1.165) is 0 Å². The zero-order chi connectivity index (χ0) is 11.6. The van der Waals surface area contributed by atoms with E-state index in [1.807, 2.05) is 0 Å². The van der Waals surface area contributed by atoms with Crippen molar-refractivity contribution >= 4 is 11.9 Å². The molecule has 0 atom stereocenters. The number of carbonyl (C=O) groups is 2. The molecule has 0 saturated carbocycles. The fourth-order valence-electron chi connectivity index (χ4n) is 1.24. The summed E-state index contributed by atoms with van der Waals surface area (Å²) in [5.41, 5.74) is 1.21. The summed E-state index contributed by atoms with van der Waals surface area (Å²) in [4.78, 5) is 23.8. The standard InChI is InChI=1S/C11H13NO3/c1-7-4-5-8(10(13)12(2)3)6-9(7)11(14)15/h4-6H,1-3H3,(H,14,15). The van der Waals surface area contributed by atoms with Gasteiger partial charge in [0.05, 0.1) is 5.56 Å². The van der Waals surface area contributed by atoms with E-state index in [-0.39, 0.29) is 11.5 Å². The van der Waals surface area contributed by atoms with Gasteiger partial charge in [0.2, 0.25) is 0 Å². The van der Waals surface area contributed by atoms with E-state index in [0.29, 0.717) is 11.1 Å². The summed E-state index contributed by atoms with van der Waals surface area (Å²) in [6, 6.07) is 4.67. The van der Waals surface area contributed by atoms with Crippen LogP contribution in [0.1, 0.15) is 26.3 Å². The normalized spacial score (nSPS) is 9.80. The van der Waals surface area contributed by atoms with E-state index < -0.39 is 5.97 Å². The third-order valence-electron chi connectivity index (χ3n) is 2.12. The quantitative estimate of drug-likeness (QED) is 0.797. The van der Waals surface area contributed by atoms with Gasteiger partial charge in [-0.25, -0.2) is 4.79 Å². The number of hydrogen-bond acceptors (Lipinski definition) is 2. The molecule has 0 aromatic heterocycles. The Balaban J connectivity index is 3.19. The molecular formula is C11H13NO3.